The largest absolute Gasteiger partial charge is 0.480 e. The van der Waals surface area contributed by atoms with Gasteiger partial charge in [0.05, 0.1) is 0 Å². The summed E-state index contributed by atoms with van der Waals surface area (Å²) in [6.07, 6.45) is -0.874. The van der Waals surface area contributed by atoms with Gasteiger partial charge in [0, 0.05) is 13.5 Å². The molecule has 0 aliphatic heterocycles. The van der Waals surface area contributed by atoms with Crippen LogP contribution in [0.15, 0.2) is 0 Å². The molecule has 0 saturated carbocycles. The summed E-state index contributed by atoms with van der Waals surface area (Å²) in [5.74, 6) is -2.36. The second kappa shape index (κ2) is 6.78. The summed E-state index contributed by atoms with van der Waals surface area (Å²) in [5, 5.41) is 11.0. The zero-order valence-electron chi connectivity index (χ0n) is 9.23. The maximum Gasteiger partial charge on any atom is 0.326 e. The maximum atomic E-state index is 11.3. The summed E-state index contributed by atoms with van der Waals surface area (Å²) in [4.78, 5) is 32.6. The summed E-state index contributed by atoms with van der Waals surface area (Å²) in [6.45, 7) is 1.49. The van der Waals surface area contributed by atoms with Crippen LogP contribution in [0.3, 0.4) is 0 Å². The Morgan fingerprint density at radius 3 is 2.38 bits per heavy atom. The lowest BCUT2D eigenvalue weighted by Gasteiger charge is -2.16. The molecule has 4 N–H and O–H groups in total. The summed E-state index contributed by atoms with van der Waals surface area (Å²) in [5.41, 5.74) is 4.89. The Kier molecular flexibility index (Phi) is 6.09. The third-order valence-electron chi connectivity index (χ3n) is 2.02. The first kappa shape index (κ1) is 14.4. The predicted molar refractivity (Wildman–Crippen MR) is 54.5 cm³/mol. The Hall–Kier alpha value is -1.63. The van der Waals surface area contributed by atoms with E-state index in [2.05, 4.69) is 5.32 Å². The molecule has 1 unspecified atom stereocenters. The highest BCUT2D eigenvalue weighted by Gasteiger charge is 2.22. The van der Waals surface area contributed by atoms with E-state index in [-0.39, 0.29) is 12.8 Å². The molecule has 0 rings (SSSR count). The minimum absolute atomic E-state index is 0.0349. The van der Waals surface area contributed by atoms with Crippen LogP contribution in [0.5, 0.6) is 0 Å². The summed E-state index contributed by atoms with van der Waals surface area (Å²) in [6, 6.07) is -1.13. The van der Waals surface area contributed by atoms with E-state index in [1.54, 1.807) is 0 Å². The Morgan fingerprint density at radius 2 is 2.00 bits per heavy atom. The fraction of sp³-hybridized carbons (Fsp3) is 0.667. The predicted octanol–water partition coefficient (Wildman–Crippen LogP) is -1.14. The van der Waals surface area contributed by atoms with Crippen molar-refractivity contribution in [1.82, 2.24) is 5.32 Å². The number of nitrogens with one attached hydrogen (secondary N) is 1. The third-order valence-corrected chi connectivity index (χ3v) is 2.02. The van der Waals surface area contributed by atoms with Crippen molar-refractivity contribution in [2.24, 2.45) is 5.73 Å². The Bertz CT molecular complexity index is 279. The second-order valence-corrected chi connectivity index (χ2v) is 3.28. The number of aliphatic carboxylic acids is 1. The lowest BCUT2D eigenvalue weighted by atomic mass is 10.1. The average Bonchev–Trinajstić information content (AvgIpc) is 2.21. The molecule has 2 amide bonds. The van der Waals surface area contributed by atoms with Crippen molar-refractivity contribution in [2.45, 2.75) is 31.9 Å². The van der Waals surface area contributed by atoms with Gasteiger partial charge in [-0.2, -0.15) is 0 Å². The van der Waals surface area contributed by atoms with Crippen molar-refractivity contribution >= 4 is 17.8 Å². The molecule has 0 heterocycles. The molecule has 0 aromatic heterocycles. The number of amides is 2. The van der Waals surface area contributed by atoms with Gasteiger partial charge in [0.2, 0.25) is 11.8 Å². The van der Waals surface area contributed by atoms with Crippen molar-refractivity contribution in [1.29, 1.82) is 0 Å². The number of carbonyl (C=O) groups is 3. The van der Waals surface area contributed by atoms with E-state index in [1.807, 2.05) is 0 Å². The van der Waals surface area contributed by atoms with Crippen LogP contribution in [0.2, 0.25) is 0 Å². The highest BCUT2D eigenvalue weighted by Crippen LogP contribution is 1.99. The number of hydrogen-bond acceptors (Lipinski definition) is 4. The highest BCUT2D eigenvalue weighted by atomic mass is 16.5. The lowest BCUT2D eigenvalue weighted by Crippen LogP contribution is -2.45. The SMILES string of the molecule is COC(C)C(=O)N[C@H](CCC(N)=O)C(=O)O. The summed E-state index contributed by atoms with van der Waals surface area (Å²) < 4.78 is 4.72. The Labute approximate surface area is 92.9 Å². The van der Waals surface area contributed by atoms with E-state index in [0.29, 0.717) is 0 Å². The number of nitrogens with two attached hydrogens (primary N) is 1. The number of carboxylic acids is 1. The molecule has 0 fully saturated rings. The molecule has 0 bridgehead atoms. The molecule has 0 aromatic carbocycles. The van der Waals surface area contributed by atoms with E-state index in [1.165, 1.54) is 14.0 Å². The first-order chi connectivity index (χ1) is 7.38. The van der Waals surface area contributed by atoms with E-state index in [4.69, 9.17) is 15.6 Å². The molecule has 2 atom stereocenters. The fourth-order valence-corrected chi connectivity index (χ4v) is 0.940. The molecular formula is C9H16N2O5. The zero-order valence-corrected chi connectivity index (χ0v) is 9.23. The first-order valence-electron chi connectivity index (χ1n) is 4.72. The molecule has 0 aliphatic rings. The van der Waals surface area contributed by atoms with E-state index in [9.17, 15) is 14.4 Å². The van der Waals surface area contributed by atoms with Gasteiger partial charge in [-0.25, -0.2) is 4.79 Å². The molecule has 92 valence electrons. The van der Waals surface area contributed by atoms with Gasteiger partial charge in [-0.05, 0) is 13.3 Å². The zero-order chi connectivity index (χ0) is 12.7. The van der Waals surface area contributed by atoms with Gasteiger partial charge in [-0.1, -0.05) is 0 Å². The second-order valence-electron chi connectivity index (χ2n) is 3.28. The van der Waals surface area contributed by atoms with Crippen molar-refractivity contribution in [2.75, 3.05) is 7.11 Å². The van der Waals surface area contributed by atoms with Crippen molar-refractivity contribution < 1.29 is 24.2 Å². The lowest BCUT2D eigenvalue weighted by molar-refractivity contribution is -0.144. The van der Waals surface area contributed by atoms with Gasteiger partial charge in [0.15, 0.2) is 0 Å². The fourth-order valence-electron chi connectivity index (χ4n) is 0.940. The highest BCUT2D eigenvalue weighted by molar-refractivity contribution is 5.86. The van der Waals surface area contributed by atoms with E-state index >= 15 is 0 Å². The van der Waals surface area contributed by atoms with Crippen LogP contribution in [0.4, 0.5) is 0 Å². The number of primary amides is 1. The average molecular weight is 232 g/mol. The molecule has 7 nitrogen and oxygen atoms in total. The minimum atomic E-state index is -1.21. The summed E-state index contributed by atoms with van der Waals surface area (Å²) in [7, 11) is 1.34. The maximum absolute atomic E-state index is 11.3. The Balaban J connectivity index is 4.28. The molecular weight excluding hydrogens is 216 g/mol. The van der Waals surface area contributed by atoms with Crippen LogP contribution in [0.25, 0.3) is 0 Å². The smallest absolute Gasteiger partial charge is 0.326 e. The molecule has 0 aromatic rings. The van der Waals surface area contributed by atoms with Crippen molar-refractivity contribution in [3.63, 3.8) is 0 Å². The van der Waals surface area contributed by atoms with Gasteiger partial charge >= 0.3 is 5.97 Å². The van der Waals surface area contributed by atoms with Gasteiger partial charge in [-0.15, -0.1) is 0 Å². The topological polar surface area (TPSA) is 119 Å². The van der Waals surface area contributed by atoms with E-state index < -0.39 is 29.9 Å². The van der Waals surface area contributed by atoms with Crippen molar-refractivity contribution in [3.05, 3.63) is 0 Å². The first-order valence-corrected chi connectivity index (χ1v) is 4.72. The molecule has 7 heteroatoms. The monoisotopic (exact) mass is 232 g/mol. The third kappa shape index (κ3) is 5.30. The van der Waals surface area contributed by atoms with Crippen LogP contribution in [-0.4, -0.2) is 42.1 Å². The molecule has 0 radical (unpaired) electrons. The van der Waals surface area contributed by atoms with Gasteiger partial charge in [-0.3, -0.25) is 9.59 Å². The number of rotatable bonds is 7. The number of carbonyl (C=O) groups excluding carboxylic acids is 2. The normalized spacial score (nSPS) is 13.9. The standard InChI is InChI=1S/C9H16N2O5/c1-5(16-2)8(13)11-6(9(14)15)3-4-7(10)12/h5-6H,3-4H2,1-2H3,(H2,10,12)(H,11,13)(H,14,15)/t5?,6-/m1/s1. The number of methoxy groups -OCH3 is 1. The van der Waals surface area contributed by atoms with Crippen LogP contribution < -0.4 is 11.1 Å². The molecule has 0 saturated heterocycles. The van der Waals surface area contributed by atoms with Crippen LogP contribution in [0, 0.1) is 0 Å². The van der Waals surface area contributed by atoms with Crippen LogP contribution in [0.1, 0.15) is 19.8 Å². The Morgan fingerprint density at radius 1 is 1.44 bits per heavy atom. The van der Waals surface area contributed by atoms with Crippen LogP contribution >= 0.6 is 0 Å². The molecule has 0 aliphatic carbocycles. The number of hydrogen-bond donors (Lipinski definition) is 3. The summed E-state index contributed by atoms with van der Waals surface area (Å²) >= 11 is 0. The minimum Gasteiger partial charge on any atom is -0.480 e. The van der Waals surface area contributed by atoms with E-state index in [0.717, 1.165) is 0 Å². The van der Waals surface area contributed by atoms with Gasteiger partial charge < -0.3 is 20.9 Å². The number of carboxylic acid groups (broad SMARTS) is 1. The van der Waals surface area contributed by atoms with Crippen LogP contribution in [-0.2, 0) is 19.1 Å². The number of ether oxygens (including phenoxy) is 1. The van der Waals surface area contributed by atoms with Gasteiger partial charge in [0.1, 0.15) is 12.1 Å². The van der Waals surface area contributed by atoms with Gasteiger partial charge in [0.25, 0.3) is 0 Å². The van der Waals surface area contributed by atoms with Crippen molar-refractivity contribution in [3.8, 4) is 0 Å². The molecule has 16 heavy (non-hydrogen) atoms. The quantitative estimate of drug-likeness (QED) is 0.512. The molecule has 0 spiro atoms.